The van der Waals surface area contributed by atoms with Crippen LogP contribution in [0.1, 0.15) is 5.56 Å². The standard InChI is InChI=1S/C14H13ClN2O/c15-12-8-6-11(7-9-12)10-16-14(18)17-13-4-2-1-3-5-13/h1-9H,10H2,(H2,16,17,18). The molecule has 2 rings (SSSR count). The number of carbonyl (C=O) groups excluding carboxylic acids is 1. The number of hydrogen-bond donors (Lipinski definition) is 2. The molecule has 0 atom stereocenters. The lowest BCUT2D eigenvalue weighted by molar-refractivity contribution is 0.251. The number of para-hydroxylation sites is 1. The van der Waals surface area contributed by atoms with E-state index in [1.165, 1.54) is 0 Å². The third-order valence-corrected chi connectivity index (χ3v) is 2.65. The zero-order valence-corrected chi connectivity index (χ0v) is 10.4. The highest BCUT2D eigenvalue weighted by atomic mass is 35.5. The van der Waals surface area contributed by atoms with Crippen molar-refractivity contribution in [3.63, 3.8) is 0 Å². The van der Waals surface area contributed by atoms with Crippen molar-refractivity contribution in [3.05, 3.63) is 65.2 Å². The molecule has 0 aromatic heterocycles. The van der Waals surface area contributed by atoms with E-state index in [1.807, 2.05) is 42.5 Å². The van der Waals surface area contributed by atoms with E-state index in [2.05, 4.69) is 10.6 Å². The molecule has 4 heteroatoms. The van der Waals surface area contributed by atoms with Crippen LogP contribution in [0.4, 0.5) is 10.5 Å². The molecule has 0 aliphatic carbocycles. The van der Waals surface area contributed by atoms with Gasteiger partial charge in [-0.3, -0.25) is 0 Å². The molecular formula is C14H13ClN2O. The molecule has 0 heterocycles. The summed E-state index contributed by atoms with van der Waals surface area (Å²) in [6, 6.07) is 16.4. The molecule has 0 unspecified atom stereocenters. The Kier molecular flexibility index (Phi) is 4.20. The minimum atomic E-state index is -0.226. The highest BCUT2D eigenvalue weighted by molar-refractivity contribution is 6.30. The summed E-state index contributed by atoms with van der Waals surface area (Å²) in [7, 11) is 0. The van der Waals surface area contributed by atoms with E-state index in [0.29, 0.717) is 11.6 Å². The Bertz CT molecular complexity index is 511. The Labute approximate surface area is 111 Å². The minimum absolute atomic E-state index is 0.226. The predicted molar refractivity (Wildman–Crippen MR) is 73.8 cm³/mol. The molecule has 0 aliphatic heterocycles. The topological polar surface area (TPSA) is 41.1 Å². The largest absolute Gasteiger partial charge is 0.334 e. The van der Waals surface area contributed by atoms with E-state index in [9.17, 15) is 4.79 Å². The number of carbonyl (C=O) groups is 1. The summed E-state index contributed by atoms with van der Waals surface area (Å²) in [6.45, 7) is 0.468. The van der Waals surface area contributed by atoms with Gasteiger partial charge in [-0.1, -0.05) is 41.9 Å². The second-order valence-electron chi connectivity index (χ2n) is 3.80. The molecule has 18 heavy (non-hydrogen) atoms. The lowest BCUT2D eigenvalue weighted by Crippen LogP contribution is -2.28. The van der Waals surface area contributed by atoms with E-state index >= 15 is 0 Å². The molecule has 0 saturated carbocycles. The average Bonchev–Trinajstić information content (AvgIpc) is 2.39. The molecule has 2 N–H and O–H groups in total. The third-order valence-electron chi connectivity index (χ3n) is 2.40. The van der Waals surface area contributed by atoms with Crippen LogP contribution in [0.2, 0.25) is 5.02 Å². The van der Waals surface area contributed by atoms with Crippen molar-refractivity contribution < 1.29 is 4.79 Å². The monoisotopic (exact) mass is 260 g/mol. The molecule has 0 bridgehead atoms. The molecule has 2 aromatic rings. The molecular weight excluding hydrogens is 248 g/mol. The van der Waals surface area contributed by atoms with Crippen LogP contribution in [-0.4, -0.2) is 6.03 Å². The Morgan fingerprint density at radius 2 is 1.67 bits per heavy atom. The van der Waals surface area contributed by atoms with Gasteiger partial charge in [0.25, 0.3) is 0 Å². The fourth-order valence-electron chi connectivity index (χ4n) is 1.48. The first-order valence-corrected chi connectivity index (χ1v) is 5.96. The summed E-state index contributed by atoms with van der Waals surface area (Å²) in [4.78, 5) is 11.6. The molecule has 0 radical (unpaired) electrons. The van der Waals surface area contributed by atoms with E-state index in [4.69, 9.17) is 11.6 Å². The maximum absolute atomic E-state index is 11.6. The highest BCUT2D eigenvalue weighted by Gasteiger charge is 2.00. The van der Waals surface area contributed by atoms with Crippen LogP contribution in [0, 0.1) is 0 Å². The summed E-state index contributed by atoms with van der Waals surface area (Å²) >= 11 is 5.78. The van der Waals surface area contributed by atoms with Crippen molar-refractivity contribution in [1.82, 2.24) is 5.32 Å². The van der Waals surface area contributed by atoms with Crippen LogP contribution < -0.4 is 10.6 Å². The molecule has 92 valence electrons. The molecule has 0 fully saturated rings. The lowest BCUT2D eigenvalue weighted by atomic mass is 10.2. The van der Waals surface area contributed by atoms with Crippen LogP contribution in [0.5, 0.6) is 0 Å². The molecule has 0 saturated heterocycles. The molecule has 3 nitrogen and oxygen atoms in total. The Hall–Kier alpha value is -2.00. The summed E-state index contributed by atoms with van der Waals surface area (Å²) in [6.07, 6.45) is 0. The van der Waals surface area contributed by atoms with Crippen molar-refractivity contribution in [2.24, 2.45) is 0 Å². The molecule has 2 aromatic carbocycles. The van der Waals surface area contributed by atoms with Crippen molar-refractivity contribution in [2.45, 2.75) is 6.54 Å². The Morgan fingerprint density at radius 1 is 1.00 bits per heavy atom. The fourth-order valence-corrected chi connectivity index (χ4v) is 1.61. The summed E-state index contributed by atoms with van der Waals surface area (Å²) in [5.74, 6) is 0. The first-order valence-electron chi connectivity index (χ1n) is 5.58. The highest BCUT2D eigenvalue weighted by Crippen LogP contribution is 2.09. The van der Waals surface area contributed by atoms with Crippen LogP contribution in [0.3, 0.4) is 0 Å². The number of anilines is 1. The number of rotatable bonds is 3. The van der Waals surface area contributed by atoms with Crippen molar-refractivity contribution >= 4 is 23.3 Å². The maximum atomic E-state index is 11.6. The van der Waals surface area contributed by atoms with Gasteiger partial charge >= 0.3 is 6.03 Å². The first-order chi connectivity index (χ1) is 8.74. The van der Waals surface area contributed by atoms with Gasteiger partial charge in [-0.2, -0.15) is 0 Å². The smallest absolute Gasteiger partial charge is 0.319 e. The molecule has 0 aliphatic rings. The SMILES string of the molecule is O=C(NCc1ccc(Cl)cc1)Nc1ccccc1. The number of benzene rings is 2. The van der Waals surface area contributed by atoms with Gasteiger partial charge in [0.15, 0.2) is 0 Å². The second-order valence-corrected chi connectivity index (χ2v) is 4.24. The van der Waals surface area contributed by atoms with Gasteiger partial charge < -0.3 is 10.6 Å². The molecule has 2 amide bonds. The van der Waals surface area contributed by atoms with Gasteiger partial charge in [-0.05, 0) is 29.8 Å². The van der Waals surface area contributed by atoms with Gasteiger partial charge in [0.05, 0.1) is 0 Å². The normalized spacial score (nSPS) is 9.83. The lowest BCUT2D eigenvalue weighted by Gasteiger charge is -2.07. The van der Waals surface area contributed by atoms with E-state index in [1.54, 1.807) is 12.1 Å². The number of nitrogens with one attached hydrogen (secondary N) is 2. The van der Waals surface area contributed by atoms with E-state index in [-0.39, 0.29) is 6.03 Å². The van der Waals surface area contributed by atoms with Crippen molar-refractivity contribution in [3.8, 4) is 0 Å². The summed E-state index contributed by atoms with van der Waals surface area (Å²) in [5.41, 5.74) is 1.77. The zero-order chi connectivity index (χ0) is 12.8. The minimum Gasteiger partial charge on any atom is -0.334 e. The van der Waals surface area contributed by atoms with Crippen LogP contribution in [-0.2, 0) is 6.54 Å². The fraction of sp³-hybridized carbons (Fsp3) is 0.0714. The second kappa shape index (κ2) is 6.07. The Balaban J connectivity index is 1.83. The number of hydrogen-bond acceptors (Lipinski definition) is 1. The summed E-state index contributed by atoms with van der Waals surface area (Å²) in [5, 5.41) is 6.21. The van der Waals surface area contributed by atoms with Crippen molar-refractivity contribution in [2.75, 3.05) is 5.32 Å². The number of amides is 2. The quantitative estimate of drug-likeness (QED) is 0.869. The van der Waals surface area contributed by atoms with E-state index < -0.39 is 0 Å². The zero-order valence-electron chi connectivity index (χ0n) is 9.69. The van der Waals surface area contributed by atoms with Gasteiger partial charge in [-0.15, -0.1) is 0 Å². The Morgan fingerprint density at radius 3 is 2.33 bits per heavy atom. The van der Waals surface area contributed by atoms with Crippen LogP contribution in [0.15, 0.2) is 54.6 Å². The van der Waals surface area contributed by atoms with Gasteiger partial charge in [-0.25, -0.2) is 4.79 Å². The van der Waals surface area contributed by atoms with Gasteiger partial charge in [0.1, 0.15) is 0 Å². The van der Waals surface area contributed by atoms with Gasteiger partial charge in [0.2, 0.25) is 0 Å². The number of halogens is 1. The third kappa shape index (κ3) is 3.79. The van der Waals surface area contributed by atoms with Gasteiger partial charge in [0, 0.05) is 17.3 Å². The van der Waals surface area contributed by atoms with Crippen LogP contribution in [0.25, 0.3) is 0 Å². The first kappa shape index (κ1) is 12.5. The average molecular weight is 261 g/mol. The summed E-state index contributed by atoms with van der Waals surface area (Å²) < 4.78 is 0. The molecule has 0 spiro atoms. The van der Waals surface area contributed by atoms with Crippen LogP contribution >= 0.6 is 11.6 Å². The predicted octanol–water partition coefficient (Wildman–Crippen LogP) is 3.66. The van der Waals surface area contributed by atoms with Crippen molar-refractivity contribution in [1.29, 1.82) is 0 Å². The maximum Gasteiger partial charge on any atom is 0.319 e. The number of urea groups is 1. The van der Waals surface area contributed by atoms with E-state index in [0.717, 1.165) is 11.3 Å².